The molecule has 1 N–H and O–H groups in total. The van der Waals surface area contributed by atoms with Crippen molar-refractivity contribution in [1.29, 1.82) is 0 Å². The van der Waals surface area contributed by atoms with Crippen molar-refractivity contribution in [3.05, 3.63) is 35.4 Å². The molecule has 0 unspecified atom stereocenters. The smallest absolute Gasteiger partial charge is 0.0238 e. The molecule has 0 saturated carbocycles. The Morgan fingerprint density at radius 3 is 2.63 bits per heavy atom. The Morgan fingerprint density at radius 1 is 1.21 bits per heavy atom. The number of halogens is 2. The van der Waals surface area contributed by atoms with Crippen LogP contribution in [0.3, 0.4) is 0 Å². The van der Waals surface area contributed by atoms with Crippen LogP contribution in [-0.4, -0.2) is 30.1 Å². The third kappa shape index (κ3) is 3.85. The van der Waals surface area contributed by atoms with Crippen molar-refractivity contribution in [2.24, 2.45) is 0 Å². The lowest BCUT2D eigenvalue weighted by Crippen LogP contribution is -2.45. The fourth-order valence-electron chi connectivity index (χ4n) is 3.20. The Bertz CT molecular complexity index is 397. The monoisotopic (exact) mass is 302 g/mol. The largest absolute Gasteiger partial charge is 0.308 e. The second-order valence-electron chi connectivity index (χ2n) is 5.54. The zero-order valence-corrected chi connectivity index (χ0v) is 13.1. The summed E-state index contributed by atoms with van der Waals surface area (Å²) < 4.78 is 0. The SMILES string of the molecule is C[C@H]1CCCN1C[C@@H]1Cc2ccccc2CN1.Cl.Cl. The van der Waals surface area contributed by atoms with E-state index >= 15 is 0 Å². The zero-order chi connectivity index (χ0) is 11.7. The highest BCUT2D eigenvalue weighted by molar-refractivity contribution is 5.85. The molecule has 4 heteroatoms. The molecule has 108 valence electrons. The van der Waals surface area contributed by atoms with Crippen molar-refractivity contribution in [1.82, 2.24) is 10.2 Å². The van der Waals surface area contributed by atoms with E-state index in [4.69, 9.17) is 0 Å². The normalized spacial score (nSPS) is 26.2. The molecular weight excluding hydrogens is 279 g/mol. The average Bonchev–Trinajstić information content (AvgIpc) is 2.75. The fraction of sp³-hybridized carbons (Fsp3) is 0.600. The molecule has 2 heterocycles. The Hall–Kier alpha value is -0.280. The van der Waals surface area contributed by atoms with E-state index in [9.17, 15) is 0 Å². The molecule has 3 rings (SSSR count). The van der Waals surface area contributed by atoms with E-state index in [0.29, 0.717) is 6.04 Å². The molecule has 1 aromatic rings. The highest BCUT2D eigenvalue weighted by Gasteiger charge is 2.25. The van der Waals surface area contributed by atoms with Gasteiger partial charge in [-0.3, -0.25) is 4.90 Å². The number of hydrogen-bond donors (Lipinski definition) is 1. The fourth-order valence-corrected chi connectivity index (χ4v) is 3.20. The number of fused-ring (bicyclic) bond motifs is 1. The van der Waals surface area contributed by atoms with E-state index in [-0.39, 0.29) is 24.8 Å². The highest BCUT2D eigenvalue weighted by Crippen LogP contribution is 2.20. The van der Waals surface area contributed by atoms with Gasteiger partial charge in [0.15, 0.2) is 0 Å². The minimum Gasteiger partial charge on any atom is -0.308 e. The van der Waals surface area contributed by atoms with Crippen molar-refractivity contribution in [2.75, 3.05) is 13.1 Å². The first-order chi connectivity index (χ1) is 8.33. The summed E-state index contributed by atoms with van der Waals surface area (Å²) in [4.78, 5) is 2.64. The van der Waals surface area contributed by atoms with Crippen LogP contribution in [0.1, 0.15) is 30.9 Å². The molecular formula is C15H24Cl2N2. The van der Waals surface area contributed by atoms with Crippen LogP contribution in [0.5, 0.6) is 0 Å². The molecule has 0 bridgehead atoms. The lowest BCUT2D eigenvalue weighted by Gasteiger charge is -2.31. The van der Waals surface area contributed by atoms with Gasteiger partial charge in [-0.1, -0.05) is 24.3 Å². The van der Waals surface area contributed by atoms with Gasteiger partial charge in [0.05, 0.1) is 0 Å². The third-order valence-corrected chi connectivity index (χ3v) is 4.31. The summed E-state index contributed by atoms with van der Waals surface area (Å²) in [7, 11) is 0. The van der Waals surface area contributed by atoms with E-state index in [0.717, 1.165) is 12.6 Å². The molecule has 0 radical (unpaired) electrons. The van der Waals surface area contributed by atoms with Crippen LogP contribution >= 0.6 is 24.8 Å². The number of rotatable bonds is 2. The van der Waals surface area contributed by atoms with Gasteiger partial charge in [-0.15, -0.1) is 24.8 Å². The lowest BCUT2D eigenvalue weighted by atomic mass is 9.95. The first-order valence-electron chi connectivity index (χ1n) is 6.87. The van der Waals surface area contributed by atoms with Gasteiger partial charge in [0.1, 0.15) is 0 Å². The van der Waals surface area contributed by atoms with Crippen molar-refractivity contribution in [3.8, 4) is 0 Å². The van der Waals surface area contributed by atoms with Gasteiger partial charge in [0.25, 0.3) is 0 Å². The van der Waals surface area contributed by atoms with E-state index in [2.05, 4.69) is 41.4 Å². The van der Waals surface area contributed by atoms with Gasteiger partial charge in [-0.2, -0.15) is 0 Å². The predicted octanol–water partition coefficient (Wildman–Crippen LogP) is 3.03. The number of likely N-dealkylation sites (tertiary alicyclic amines) is 1. The Balaban J connectivity index is 0.000000902. The van der Waals surface area contributed by atoms with E-state index < -0.39 is 0 Å². The number of nitrogens with zero attached hydrogens (tertiary/aromatic N) is 1. The van der Waals surface area contributed by atoms with Crippen molar-refractivity contribution in [2.45, 2.75) is 44.8 Å². The van der Waals surface area contributed by atoms with Crippen LogP contribution in [0, 0.1) is 0 Å². The maximum atomic E-state index is 3.68. The van der Waals surface area contributed by atoms with Gasteiger partial charge in [-0.05, 0) is 43.9 Å². The number of hydrogen-bond acceptors (Lipinski definition) is 2. The molecule has 0 aliphatic carbocycles. The first kappa shape index (κ1) is 16.8. The van der Waals surface area contributed by atoms with Crippen LogP contribution in [0.25, 0.3) is 0 Å². The molecule has 0 aromatic heterocycles. The lowest BCUT2D eigenvalue weighted by molar-refractivity contribution is 0.231. The van der Waals surface area contributed by atoms with Crippen LogP contribution in [0.4, 0.5) is 0 Å². The Labute approximate surface area is 128 Å². The molecule has 19 heavy (non-hydrogen) atoms. The van der Waals surface area contributed by atoms with Gasteiger partial charge >= 0.3 is 0 Å². The maximum Gasteiger partial charge on any atom is 0.0238 e. The maximum absolute atomic E-state index is 3.68. The minimum absolute atomic E-state index is 0. The zero-order valence-electron chi connectivity index (χ0n) is 11.5. The quantitative estimate of drug-likeness (QED) is 0.903. The molecule has 1 fully saturated rings. The minimum atomic E-state index is 0. The summed E-state index contributed by atoms with van der Waals surface area (Å²) in [5.74, 6) is 0. The molecule has 2 atom stereocenters. The first-order valence-corrected chi connectivity index (χ1v) is 6.87. The van der Waals surface area contributed by atoms with Crippen LogP contribution in [-0.2, 0) is 13.0 Å². The predicted molar refractivity (Wildman–Crippen MR) is 85.5 cm³/mol. The highest BCUT2D eigenvalue weighted by atomic mass is 35.5. The van der Waals surface area contributed by atoms with E-state index in [1.807, 2.05) is 0 Å². The summed E-state index contributed by atoms with van der Waals surface area (Å²) in [6.07, 6.45) is 3.95. The summed E-state index contributed by atoms with van der Waals surface area (Å²) in [5, 5.41) is 3.68. The van der Waals surface area contributed by atoms with E-state index in [1.54, 1.807) is 5.56 Å². The Morgan fingerprint density at radius 2 is 1.95 bits per heavy atom. The third-order valence-electron chi connectivity index (χ3n) is 4.31. The summed E-state index contributed by atoms with van der Waals surface area (Å²) in [6, 6.07) is 10.3. The number of benzene rings is 1. The molecule has 2 aliphatic rings. The average molecular weight is 303 g/mol. The van der Waals surface area contributed by atoms with Gasteiger partial charge in [0, 0.05) is 25.2 Å². The molecule has 2 aliphatic heterocycles. The topological polar surface area (TPSA) is 15.3 Å². The number of nitrogens with one attached hydrogen (secondary N) is 1. The molecule has 1 aromatic carbocycles. The molecule has 1 saturated heterocycles. The van der Waals surface area contributed by atoms with Crippen molar-refractivity contribution in [3.63, 3.8) is 0 Å². The molecule has 2 nitrogen and oxygen atoms in total. The van der Waals surface area contributed by atoms with Crippen LogP contribution < -0.4 is 5.32 Å². The van der Waals surface area contributed by atoms with Crippen molar-refractivity contribution < 1.29 is 0 Å². The summed E-state index contributed by atoms with van der Waals surface area (Å²) in [5.41, 5.74) is 3.03. The van der Waals surface area contributed by atoms with Gasteiger partial charge in [-0.25, -0.2) is 0 Å². The summed E-state index contributed by atoms with van der Waals surface area (Å²) in [6.45, 7) is 5.92. The van der Waals surface area contributed by atoms with Crippen molar-refractivity contribution >= 4 is 24.8 Å². The summed E-state index contributed by atoms with van der Waals surface area (Å²) >= 11 is 0. The Kier molecular flexibility index (Phi) is 6.61. The van der Waals surface area contributed by atoms with E-state index in [1.165, 1.54) is 37.9 Å². The van der Waals surface area contributed by atoms with Crippen LogP contribution in [0.15, 0.2) is 24.3 Å². The molecule has 0 amide bonds. The van der Waals surface area contributed by atoms with Crippen LogP contribution in [0.2, 0.25) is 0 Å². The second kappa shape index (κ2) is 7.49. The molecule has 0 spiro atoms. The van der Waals surface area contributed by atoms with Gasteiger partial charge in [0.2, 0.25) is 0 Å². The second-order valence-corrected chi connectivity index (χ2v) is 5.54. The standard InChI is InChI=1S/C15H22N2.2ClH/c1-12-5-4-8-17(12)11-15-9-13-6-2-3-7-14(13)10-16-15;;/h2-3,6-7,12,15-16H,4-5,8-11H2,1H3;2*1H/t12-,15-;;/m0../s1. The van der Waals surface area contributed by atoms with Gasteiger partial charge < -0.3 is 5.32 Å².